The van der Waals surface area contributed by atoms with Gasteiger partial charge in [-0.1, -0.05) is 65.8 Å². The lowest BCUT2D eigenvalue weighted by molar-refractivity contribution is -0.138. The van der Waals surface area contributed by atoms with E-state index in [4.69, 9.17) is 5.26 Å². The monoisotopic (exact) mass is 456 g/mol. The minimum Gasteiger partial charge on any atom is -0.480 e. The van der Waals surface area contributed by atoms with Crippen molar-refractivity contribution in [3.63, 3.8) is 0 Å². The van der Waals surface area contributed by atoms with Gasteiger partial charge in [0, 0.05) is 0 Å². The molecule has 1 atom stereocenters. The first-order valence-corrected chi connectivity index (χ1v) is 12.3. The Bertz CT molecular complexity index is 1100. The van der Waals surface area contributed by atoms with E-state index < -0.39 is 22.0 Å². The van der Waals surface area contributed by atoms with Crippen LogP contribution < -0.4 is 4.72 Å². The number of rotatable bonds is 9. The second-order valence-electron chi connectivity index (χ2n) is 9.02. The number of aliphatic carboxylic acids is 1. The summed E-state index contributed by atoms with van der Waals surface area (Å²) < 4.78 is 29.6. The molecular weight excluding hydrogens is 424 g/mol. The Labute approximate surface area is 191 Å². The summed E-state index contributed by atoms with van der Waals surface area (Å²) in [6.07, 6.45) is -0.0673. The van der Waals surface area contributed by atoms with Crippen molar-refractivity contribution >= 4 is 16.0 Å². The number of nitriles is 1. The molecule has 0 heterocycles. The Kier molecular flexibility index (Phi) is 8.22. The number of nitrogens with zero attached hydrogens (tertiary/aromatic N) is 1. The summed E-state index contributed by atoms with van der Waals surface area (Å²) in [5.41, 5.74) is 3.39. The largest absolute Gasteiger partial charge is 0.480 e. The van der Waals surface area contributed by atoms with Gasteiger partial charge in [-0.05, 0) is 58.6 Å². The van der Waals surface area contributed by atoms with Crippen LogP contribution in [0.25, 0.3) is 0 Å². The third-order valence-electron chi connectivity index (χ3n) is 5.44. The van der Waals surface area contributed by atoms with Gasteiger partial charge < -0.3 is 5.11 Å². The maximum absolute atomic E-state index is 13.6. The molecule has 0 aliphatic rings. The van der Waals surface area contributed by atoms with Crippen LogP contribution in [0.2, 0.25) is 0 Å². The minimum atomic E-state index is -4.13. The standard InChI is InChI=1S/C25H32N2O4S/c1-15(2)20-12-21(16(3)4)24(22(13-20)17(5)6)32(30,31)27-23(25(28)29)11-18-8-7-9-19(10-18)14-26/h7-10,12-13,15-17,23,27H,11H2,1-6H3,(H,28,29)/t23-/m0/s1. The zero-order valence-electron chi connectivity index (χ0n) is 19.5. The van der Waals surface area contributed by atoms with Crippen molar-refractivity contribution in [2.45, 2.75) is 76.7 Å². The van der Waals surface area contributed by atoms with Crippen LogP contribution in [0.15, 0.2) is 41.3 Å². The molecule has 0 radical (unpaired) electrons. The number of carbonyl (C=O) groups is 1. The topological polar surface area (TPSA) is 107 Å². The zero-order valence-corrected chi connectivity index (χ0v) is 20.3. The molecule has 7 heteroatoms. The molecule has 0 unspecified atom stereocenters. The second-order valence-corrected chi connectivity index (χ2v) is 10.7. The molecule has 0 amide bonds. The third kappa shape index (κ3) is 5.96. The number of carboxylic acids is 1. The number of carboxylic acid groups (broad SMARTS) is 1. The first-order chi connectivity index (χ1) is 14.9. The van der Waals surface area contributed by atoms with Crippen molar-refractivity contribution in [3.8, 4) is 6.07 Å². The molecular formula is C25H32N2O4S. The quantitative estimate of drug-likeness (QED) is 0.558. The molecule has 2 rings (SSSR count). The van der Waals surface area contributed by atoms with Crippen molar-refractivity contribution < 1.29 is 18.3 Å². The average Bonchev–Trinajstić information content (AvgIpc) is 2.71. The summed E-state index contributed by atoms with van der Waals surface area (Å²) >= 11 is 0. The fourth-order valence-electron chi connectivity index (χ4n) is 3.63. The first-order valence-electron chi connectivity index (χ1n) is 10.8. The average molecular weight is 457 g/mol. The highest BCUT2D eigenvalue weighted by molar-refractivity contribution is 7.89. The predicted octanol–water partition coefficient (Wildman–Crippen LogP) is 4.90. The lowest BCUT2D eigenvalue weighted by Crippen LogP contribution is -2.43. The molecule has 172 valence electrons. The van der Waals surface area contributed by atoms with Gasteiger partial charge in [0.15, 0.2) is 0 Å². The lowest BCUT2D eigenvalue weighted by atomic mass is 9.89. The van der Waals surface area contributed by atoms with Crippen molar-refractivity contribution in [3.05, 3.63) is 64.2 Å². The van der Waals surface area contributed by atoms with E-state index in [1.165, 1.54) is 0 Å². The van der Waals surface area contributed by atoms with Crippen LogP contribution in [0.3, 0.4) is 0 Å². The van der Waals surface area contributed by atoms with Crippen LogP contribution in [0.1, 0.15) is 87.1 Å². The molecule has 0 aliphatic carbocycles. The maximum Gasteiger partial charge on any atom is 0.322 e. The first kappa shape index (κ1) is 25.6. The molecule has 0 fully saturated rings. The zero-order chi connectivity index (χ0) is 24.2. The van der Waals surface area contributed by atoms with E-state index in [0.717, 1.165) is 5.56 Å². The molecule has 0 saturated carbocycles. The molecule has 2 N–H and O–H groups in total. The Balaban J connectivity index is 2.57. The van der Waals surface area contributed by atoms with E-state index in [-0.39, 0.29) is 29.1 Å². The Morgan fingerprint density at radius 1 is 1.00 bits per heavy atom. The van der Waals surface area contributed by atoms with Gasteiger partial charge in [0.1, 0.15) is 6.04 Å². The van der Waals surface area contributed by atoms with Gasteiger partial charge in [-0.3, -0.25) is 4.79 Å². The van der Waals surface area contributed by atoms with E-state index in [0.29, 0.717) is 22.3 Å². The van der Waals surface area contributed by atoms with E-state index >= 15 is 0 Å². The summed E-state index contributed by atoms with van der Waals surface area (Å²) in [6, 6.07) is 11.0. The molecule has 0 aromatic heterocycles. The van der Waals surface area contributed by atoms with Crippen LogP contribution in [0.4, 0.5) is 0 Å². The van der Waals surface area contributed by atoms with Crippen LogP contribution in [-0.4, -0.2) is 25.5 Å². The van der Waals surface area contributed by atoms with Gasteiger partial charge in [0.25, 0.3) is 0 Å². The molecule has 0 saturated heterocycles. The molecule has 6 nitrogen and oxygen atoms in total. The van der Waals surface area contributed by atoms with Crippen LogP contribution in [0.5, 0.6) is 0 Å². The molecule has 32 heavy (non-hydrogen) atoms. The summed E-state index contributed by atoms with van der Waals surface area (Å²) in [5, 5.41) is 18.8. The van der Waals surface area contributed by atoms with E-state index in [9.17, 15) is 18.3 Å². The highest BCUT2D eigenvalue weighted by atomic mass is 32.2. The highest BCUT2D eigenvalue weighted by Crippen LogP contribution is 2.35. The number of sulfonamides is 1. The number of hydrogen-bond acceptors (Lipinski definition) is 4. The van der Waals surface area contributed by atoms with Crippen LogP contribution in [0, 0.1) is 11.3 Å². The van der Waals surface area contributed by atoms with Crippen molar-refractivity contribution in [1.82, 2.24) is 4.72 Å². The number of benzene rings is 2. The van der Waals surface area contributed by atoms with Gasteiger partial charge in [0.2, 0.25) is 10.0 Å². The normalized spacial score (nSPS) is 12.9. The third-order valence-corrected chi connectivity index (χ3v) is 7.04. The summed E-state index contributed by atoms with van der Waals surface area (Å²) in [7, 11) is -4.13. The fourth-order valence-corrected chi connectivity index (χ4v) is 5.52. The van der Waals surface area contributed by atoms with E-state index in [1.807, 2.05) is 45.9 Å². The SMILES string of the molecule is CC(C)c1cc(C(C)C)c(S(=O)(=O)N[C@@H](Cc2cccc(C#N)c2)C(=O)O)c(C(C)C)c1. The van der Waals surface area contributed by atoms with Crippen LogP contribution >= 0.6 is 0 Å². The van der Waals surface area contributed by atoms with Gasteiger partial charge in [0.05, 0.1) is 16.5 Å². The van der Waals surface area contributed by atoms with Crippen molar-refractivity contribution in [1.29, 1.82) is 5.26 Å². The Morgan fingerprint density at radius 3 is 2.00 bits per heavy atom. The summed E-state index contributed by atoms with van der Waals surface area (Å²) in [5.74, 6) is -1.16. The van der Waals surface area contributed by atoms with Crippen LogP contribution in [-0.2, 0) is 21.2 Å². The van der Waals surface area contributed by atoms with Gasteiger partial charge >= 0.3 is 5.97 Å². The minimum absolute atomic E-state index is 0.0617. The molecule has 0 aliphatic heterocycles. The molecule has 2 aromatic carbocycles. The van der Waals surface area contributed by atoms with Gasteiger partial charge in [-0.2, -0.15) is 9.98 Å². The van der Waals surface area contributed by atoms with E-state index in [2.05, 4.69) is 18.6 Å². The molecule has 0 spiro atoms. The Morgan fingerprint density at radius 2 is 1.56 bits per heavy atom. The maximum atomic E-state index is 13.6. The number of nitrogens with one attached hydrogen (secondary N) is 1. The predicted molar refractivity (Wildman–Crippen MR) is 125 cm³/mol. The van der Waals surface area contributed by atoms with Gasteiger partial charge in [-0.15, -0.1) is 0 Å². The second kappa shape index (κ2) is 10.3. The van der Waals surface area contributed by atoms with Crippen molar-refractivity contribution in [2.24, 2.45) is 0 Å². The molecule has 2 aromatic rings. The Hall–Kier alpha value is -2.69. The number of hydrogen-bond donors (Lipinski definition) is 2. The van der Waals surface area contributed by atoms with Gasteiger partial charge in [-0.25, -0.2) is 8.42 Å². The summed E-state index contributed by atoms with van der Waals surface area (Å²) in [6.45, 7) is 11.9. The molecule has 0 bridgehead atoms. The smallest absolute Gasteiger partial charge is 0.322 e. The van der Waals surface area contributed by atoms with E-state index in [1.54, 1.807) is 24.3 Å². The van der Waals surface area contributed by atoms with Crippen molar-refractivity contribution in [2.75, 3.05) is 0 Å². The highest BCUT2D eigenvalue weighted by Gasteiger charge is 2.31. The fraction of sp³-hybridized carbons (Fsp3) is 0.440. The lowest BCUT2D eigenvalue weighted by Gasteiger charge is -2.24. The summed E-state index contributed by atoms with van der Waals surface area (Å²) in [4.78, 5) is 12.1.